The third-order valence-corrected chi connectivity index (χ3v) is 3.52. The number of hydrogen-bond acceptors (Lipinski definition) is 2. The van der Waals surface area contributed by atoms with Crippen LogP contribution in [0.1, 0.15) is 24.6 Å². The molecule has 4 nitrogen and oxygen atoms in total. The largest absolute Gasteiger partial charge is 0.405 e. The highest BCUT2D eigenvalue weighted by molar-refractivity contribution is 5.78. The van der Waals surface area contributed by atoms with Crippen LogP contribution < -0.4 is 5.32 Å². The van der Waals surface area contributed by atoms with E-state index in [1.54, 1.807) is 0 Å². The highest BCUT2D eigenvalue weighted by Crippen LogP contribution is 2.31. The van der Waals surface area contributed by atoms with E-state index in [1.165, 1.54) is 0 Å². The van der Waals surface area contributed by atoms with Crippen LogP contribution in [0.4, 0.5) is 13.2 Å². The maximum Gasteiger partial charge on any atom is 0.405 e. The average molecular weight is 289 g/mol. The maximum atomic E-state index is 12.1. The predicted octanol–water partition coefficient (Wildman–Crippen LogP) is 1.84. The number of amides is 1. The van der Waals surface area contributed by atoms with E-state index in [1.807, 2.05) is 40.2 Å². The highest BCUT2D eigenvalue weighted by atomic mass is 19.4. The summed E-state index contributed by atoms with van der Waals surface area (Å²) in [6, 6.07) is 4.01. The summed E-state index contributed by atoms with van der Waals surface area (Å²) < 4.78 is 38.1. The number of aromatic nitrogens is 1. The van der Waals surface area contributed by atoms with Gasteiger partial charge in [-0.1, -0.05) is 0 Å². The van der Waals surface area contributed by atoms with Crippen LogP contribution in [-0.2, 0) is 11.8 Å². The lowest BCUT2D eigenvalue weighted by atomic mass is 10.1. The van der Waals surface area contributed by atoms with Crippen LogP contribution in [0.15, 0.2) is 18.3 Å². The first-order valence-electron chi connectivity index (χ1n) is 6.55. The van der Waals surface area contributed by atoms with E-state index in [2.05, 4.69) is 0 Å². The van der Waals surface area contributed by atoms with E-state index in [0.717, 1.165) is 25.1 Å². The molecule has 112 valence electrons. The molecule has 0 radical (unpaired) electrons. The number of likely N-dealkylation sites (tertiary alicyclic amines) is 1. The minimum Gasteiger partial charge on any atom is -0.353 e. The van der Waals surface area contributed by atoms with E-state index in [9.17, 15) is 18.0 Å². The standard InChI is InChI=1S/C13H18F3N3O/c1-18-6-2-4-10(18)11-5-3-7-19(11)8-12(20)17-9-13(14,15)16/h2,4,6,11H,3,5,7-9H2,1H3,(H,17,20). The molecule has 2 heterocycles. The van der Waals surface area contributed by atoms with Gasteiger partial charge in [-0.2, -0.15) is 13.2 Å². The molecule has 1 unspecified atom stereocenters. The number of halogens is 3. The number of hydrogen-bond donors (Lipinski definition) is 1. The summed E-state index contributed by atoms with van der Waals surface area (Å²) in [7, 11) is 1.93. The molecule has 1 atom stereocenters. The van der Waals surface area contributed by atoms with E-state index in [0.29, 0.717) is 0 Å². The number of alkyl halides is 3. The first-order valence-corrected chi connectivity index (χ1v) is 6.55. The van der Waals surface area contributed by atoms with Crippen molar-refractivity contribution in [3.63, 3.8) is 0 Å². The molecule has 1 N–H and O–H groups in total. The van der Waals surface area contributed by atoms with Crippen molar-refractivity contribution in [2.45, 2.75) is 25.1 Å². The fraction of sp³-hybridized carbons (Fsp3) is 0.615. The molecule has 0 aromatic carbocycles. The Morgan fingerprint density at radius 1 is 1.50 bits per heavy atom. The van der Waals surface area contributed by atoms with Crippen molar-refractivity contribution < 1.29 is 18.0 Å². The van der Waals surface area contributed by atoms with Gasteiger partial charge in [0.05, 0.1) is 12.6 Å². The Hall–Kier alpha value is -1.50. The second-order valence-electron chi connectivity index (χ2n) is 5.06. The zero-order valence-electron chi connectivity index (χ0n) is 11.3. The summed E-state index contributed by atoms with van der Waals surface area (Å²) in [5, 5.41) is 1.92. The molecule has 0 aliphatic carbocycles. The minimum atomic E-state index is -4.36. The molecule has 1 aliphatic heterocycles. The van der Waals surface area contributed by atoms with Gasteiger partial charge in [0, 0.05) is 18.9 Å². The monoisotopic (exact) mass is 289 g/mol. The van der Waals surface area contributed by atoms with Gasteiger partial charge < -0.3 is 9.88 Å². The zero-order chi connectivity index (χ0) is 14.8. The van der Waals surface area contributed by atoms with Crippen molar-refractivity contribution in [2.75, 3.05) is 19.6 Å². The van der Waals surface area contributed by atoms with Crippen LogP contribution in [0.5, 0.6) is 0 Å². The Kier molecular flexibility index (Phi) is 4.37. The summed E-state index contributed by atoms with van der Waals surface area (Å²) in [5.41, 5.74) is 1.09. The smallest absolute Gasteiger partial charge is 0.353 e. The van der Waals surface area contributed by atoms with Crippen molar-refractivity contribution in [1.82, 2.24) is 14.8 Å². The van der Waals surface area contributed by atoms with Crippen molar-refractivity contribution >= 4 is 5.91 Å². The number of nitrogens with zero attached hydrogens (tertiary/aromatic N) is 2. The van der Waals surface area contributed by atoms with Gasteiger partial charge in [-0.15, -0.1) is 0 Å². The topological polar surface area (TPSA) is 37.3 Å². The number of rotatable bonds is 4. The van der Waals surface area contributed by atoms with Crippen molar-refractivity contribution in [3.05, 3.63) is 24.0 Å². The third kappa shape index (κ3) is 3.75. The fourth-order valence-electron chi connectivity index (χ4n) is 2.61. The lowest BCUT2D eigenvalue weighted by molar-refractivity contribution is -0.139. The number of carbonyl (C=O) groups is 1. The molecule has 1 amide bonds. The lowest BCUT2D eigenvalue weighted by Crippen LogP contribution is -2.41. The van der Waals surface area contributed by atoms with Gasteiger partial charge in [0.1, 0.15) is 6.54 Å². The lowest BCUT2D eigenvalue weighted by Gasteiger charge is -2.24. The quantitative estimate of drug-likeness (QED) is 0.918. The summed E-state index contributed by atoms with van der Waals surface area (Å²) in [4.78, 5) is 13.5. The minimum absolute atomic E-state index is 0.00588. The van der Waals surface area contributed by atoms with Gasteiger partial charge in [0.2, 0.25) is 5.91 Å². The Bertz CT molecular complexity index is 470. The fourth-order valence-corrected chi connectivity index (χ4v) is 2.61. The molecule has 1 aliphatic rings. The molecule has 0 spiro atoms. The van der Waals surface area contributed by atoms with Crippen molar-refractivity contribution in [3.8, 4) is 0 Å². The molecular weight excluding hydrogens is 271 g/mol. The van der Waals surface area contributed by atoms with Crippen LogP contribution in [0.25, 0.3) is 0 Å². The van der Waals surface area contributed by atoms with Crippen LogP contribution in [0.3, 0.4) is 0 Å². The number of nitrogens with one attached hydrogen (secondary N) is 1. The van der Waals surface area contributed by atoms with Crippen LogP contribution in [0.2, 0.25) is 0 Å². The molecule has 2 rings (SSSR count). The Balaban J connectivity index is 1.92. The average Bonchev–Trinajstić information content (AvgIpc) is 2.94. The summed E-state index contributed by atoms with van der Waals surface area (Å²) in [6.45, 7) is -0.532. The van der Waals surface area contributed by atoms with E-state index in [4.69, 9.17) is 0 Å². The molecule has 0 bridgehead atoms. The summed E-state index contributed by atoms with van der Waals surface area (Å²) >= 11 is 0. The molecule has 7 heteroatoms. The summed E-state index contributed by atoms with van der Waals surface area (Å²) in [6.07, 6.45) is -0.569. The molecule has 1 saturated heterocycles. The molecular formula is C13H18F3N3O. The normalized spacial score (nSPS) is 20.3. The van der Waals surface area contributed by atoms with Crippen LogP contribution >= 0.6 is 0 Å². The van der Waals surface area contributed by atoms with Gasteiger partial charge in [0.25, 0.3) is 0 Å². The second-order valence-corrected chi connectivity index (χ2v) is 5.06. The second kappa shape index (κ2) is 5.87. The van der Waals surface area contributed by atoms with E-state index < -0.39 is 18.6 Å². The van der Waals surface area contributed by atoms with Gasteiger partial charge in [-0.3, -0.25) is 9.69 Å². The van der Waals surface area contributed by atoms with Crippen LogP contribution in [0, 0.1) is 0 Å². The predicted molar refractivity (Wildman–Crippen MR) is 68.0 cm³/mol. The molecule has 20 heavy (non-hydrogen) atoms. The summed E-state index contributed by atoms with van der Waals surface area (Å²) in [5.74, 6) is -0.580. The molecule has 1 aromatic rings. The first-order chi connectivity index (χ1) is 9.37. The van der Waals surface area contributed by atoms with Gasteiger partial charge in [-0.25, -0.2) is 0 Å². The Labute approximate surface area is 115 Å². The SMILES string of the molecule is Cn1cccc1C1CCCN1CC(=O)NCC(F)(F)F. The van der Waals surface area contributed by atoms with Crippen molar-refractivity contribution in [2.24, 2.45) is 7.05 Å². The first kappa shape index (κ1) is 14.9. The van der Waals surface area contributed by atoms with E-state index in [-0.39, 0.29) is 12.6 Å². The van der Waals surface area contributed by atoms with Gasteiger partial charge >= 0.3 is 6.18 Å². The van der Waals surface area contributed by atoms with Gasteiger partial charge in [-0.05, 0) is 31.5 Å². The Morgan fingerprint density at radius 2 is 2.25 bits per heavy atom. The third-order valence-electron chi connectivity index (χ3n) is 3.52. The van der Waals surface area contributed by atoms with Crippen LogP contribution in [-0.4, -0.2) is 41.2 Å². The van der Waals surface area contributed by atoms with Crippen molar-refractivity contribution in [1.29, 1.82) is 0 Å². The molecule has 0 saturated carbocycles. The number of aryl methyl sites for hydroxylation is 1. The molecule has 1 fully saturated rings. The zero-order valence-corrected chi connectivity index (χ0v) is 11.3. The highest BCUT2D eigenvalue weighted by Gasteiger charge is 2.31. The Morgan fingerprint density at radius 3 is 2.85 bits per heavy atom. The van der Waals surface area contributed by atoms with Gasteiger partial charge in [0.15, 0.2) is 0 Å². The molecule has 1 aromatic heterocycles. The number of carbonyl (C=O) groups excluding carboxylic acids is 1. The van der Waals surface area contributed by atoms with E-state index >= 15 is 0 Å². The maximum absolute atomic E-state index is 12.1.